The Morgan fingerprint density at radius 3 is 2.00 bits per heavy atom. The van der Waals surface area contributed by atoms with Gasteiger partial charge in [-0.2, -0.15) is 0 Å². The second kappa shape index (κ2) is 10.3. The Balaban J connectivity index is 0. The summed E-state index contributed by atoms with van der Waals surface area (Å²) in [6, 6.07) is 0. The van der Waals surface area contributed by atoms with Crippen LogP contribution >= 0.6 is 11.6 Å². The summed E-state index contributed by atoms with van der Waals surface area (Å²) >= 11 is 5.73. The van der Waals surface area contributed by atoms with Crippen molar-refractivity contribution in [3.05, 3.63) is 0 Å². The van der Waals surface area contributed by atoms with E-state index in [1.54, 1.807) is 0 Å². The molecule has 0 heterocycles. The predicted molar refractivity (Wildman–Crippen MR) is 61.3 cm³/mol. The zero-order chi connectivity index (χ0) is 10.2. The maximum absolute atomic E-state index is 5.73. The van der Waals surface area contributed by atoms with Crippen LogP contribution < -0.4 is 17.0 Å². The minimum Gasteiger partial charge on any atom is -1.00 e. The molecule has 1 nitrogen and oxygen atoms in total. The van der Waals surface area contributed by atoms with Gasteiger partial charge < -0.3 is 21.5 Å². The lowest BCUT2D eigenvalue weighted by Crippen LogP contribution is -3.00. The average molecular weight is 287 g/mol. The van der Waals surface area contributed by atoms with Crippen LogP contribution in [0.25, 0.3) is 0 Å². The summed E-state index contributed by atoms with van der Waals surface area (Å²) in [4.78, 5) is 0. The van der Waals surface area contributed by atoms with E-state index >= 15 is 0 Å². The van der Waals surface area contributed by atoms with Gasteiger partial charge in [-0.3, -0.25) is 0 Å². The number of alkyl halides is 1. The first kappa shape index (κ1) is 17.1. The van der Waals surface area contributed by atoms with Crippen molar-refractivity contribution in [2.75, 3.05) is 33.1 Å². The molecule has 0 atom stereocenters. The third kappa shape index (κ3) is 10.8. The van der Waals surface area contributed by atoms with Crippen molar-refractivity contribution in [3.8, 4) is 0 Å². The molecule has 0 radical (unpaired) electrons. The Morgan fingerprint density at radius 1 is 0.929 bits per heavy atom. The van der Waals surface area contributed by atoms with Gasteiger partial charge in [-0.25, -0.2) is 0 Å². The molecule has 0 aliphatic rings. The summed E-state index contributed by atoms with van der Waals surface area (Å²) < 4.78 is 1.08. The molecule has 0 spiro atoms. The molecule has 0 aromatic carbocycles. The van der Waals surface area contributed by atoms with E-state index in [4.69, 9.17) is 11.6 Å². The third-order valence-corrected chi connectivity index (χ3v) is 2.73. The molecule has 0 fully saturated rings. The van der Waals surface area contributed by atoms with Crippen LogP contribution in [0.3, 0.4) is 0 Å². The molecular formula is C11H25BrClN. The molecule has 0 N–H and O–H groups in total. The SMILES string of the molecule is CCCCCCC[N+](C)(C)CCCl.[Br-]. The van der Waals surface area contributed by atoms with Gasteiger partial charge in [-0.05, 0) is 12.8 Å². The van der Waals surface area contributed by atoms with Crippen LogP contribution in [0.5, 0.6) is 0 Å². The highest BCUT2D eigenvalue weighted by molar-refractivity contribution is 6.17. The first-order chi connectivity index (χ1) is 6.12. The van der Waals surface area contributed by atoms with Crippen molar-refractivity contribution in [2.45, 2.75) is 39.0 Å². The number of nitrogens with zero attached hydrogens (tertiary/aromatic N) is 1. The Labute approximate surface area is 105 Å². The van der Waals surface area contributed by atoms with E-state index in [2.05, 4.69) is 21.0 Å². The van der Waals surface area contributed by atoms with Crippen molar-refractivity contribution < 1.29 is 21.5 Å². The monoisotopic (exact) mass is 285 g/mol. The first-order valence-corrected chi connectivity index (χ1v) is 6.04. The molecule has 3 heteroatoms. The standard InChI is InChI=1S/C11H25ClN.BrH/c1-4-5-6-7-8-10-13(2,3)11-9-12;/h4-11H2,1-3H3;1H/q+1;/p-1. The van der Waals surface area contributed by atoms with Crippen molar-refractivity contribution in [1.29, 1.82) is 0 Å². The van der Waals surface area contributed by atoms with Gasteiger partial charge in [0, 0.05) is 0 Å². The number of hydrogen-bond donors (Lipinski definition) is 0. The van der Waals surface area contributed by atoms with Crippen LogP contribution in [-0.2, 0) is 0 Å². The zero-order valence-corrected chi connectivity index (χ0v) is 12.2. The number of halogens is 2. The van der Waals surface area contributed by atoms with Crippen molar-refractivity contribution >= 4 is 11.6 Å². The summed E-state index contributed by atoms with van der Waals surface area (Å²) in [5, 5.41) is 0. The molecule has 0 saturated heterocycles. The van der Waals surface area contributed by atoms with E-state index in [1.165, 1.54) is 38.6 Å². The highest BCUT2D eigenvalue weighted by Crippen LogP contribution is 2.06. The van der Waals surface area contributed by atoms with Crippen LogP contribution in [0.15, 0.2) is 0 Å². The molecule has 14 heavy (non-hydrogen) atoms. The summed E-state index contributed by atoms with van der Waals surface area (Å²) in [5.41, 5.74) is 0. The smallest absolute Gasteiger partial charge is 0.0920 e. The minimum atomic E-state index is 0. The average Bonchev–Trinajstić information content (AvgIpc) is 2.04. The maximum atomic E-state index is 5.73. The van der Waals surface area contributed by atoms with Crippen LogP contribution in [0.1, 0.15) is 39.0 Å². The fourth-order valence-electron chi connectivity index (χ4n) is 1.48. The quantitative estimate of drug-likeness (QED) is 0.342. The number of rotatable bonds is 8. The second-order valence-corrected chi connectivity index (χ2v) is 4.86. The van der Waals surface area contributed by atoms with Crippen LogP contribution in [0, 0.1) is 0 Å². The van der Waals surface area contributed by atoms with Gasteiger partial charge in [0.05, 0.1) is 33.1 Å². The lowest BCUT2D eigenvalue weighted by Gasteiger charge is -2.28. The lowest BCUT2D eigenvalue weighted by atomic mass is 10.1. The van der Waals surface area contributed by atoms with E-state index in [1.807, 2.05) is 0 Å². The van der Waals surface area contributed by atoms with E-state index in [0.29, 0.717) is 0 Å². The van der Waals surface area contributed by atoms with Gasteiger partial charge in [0.2, 0.25) is 0 Å². The predicted octanol–water partition coefficient (Wildman–Crippen LogP) is 0.276. The lowest BCUT2D eigenvalue weighted by molar-refractivity contribution is -0.888. The van der Waals surface area contributed by atoms with Crippen LogP contribution in [0.4, 0.5) is 0 Å². The van der Waals surface area contributed by atoms with Gasteiger partial charge in [0.1, 0.15) is 0 Å². The van der Waals surface area contributed by atoms with Crippen molar-refractivity contribution in [2.24, 2.45) is 0 Å². The first-order valence-electron chi connectivity index (χ1n) is 5.50. The molecule has 0 bridgehead atoms. The molecule has 88 valence electrons. The van der Waals surface area contributed by atoms with Gasteiger partial charge in [-0.15, -0.1) is 11.6 Å². The second-order valence-electron chi connectivity index (χ2n) is 4.49. The molecule has 0 aliphatic carbocycles. The maximum Gasteiger partial charge on any atom is 0.0920 e. The molecule has 0 amide bonds. The summed E-state index contributed by atoms with van der Waals surface area (Å²) in [6.45, 7) is 4.62. The van der Waals surface area contributed by atoms with Crippen molar-refractivity contribution in [3.63, 3.8) is 0 Å². The topological polar surface area (TPSA) is 0 Å². The number of unbranched alkanes of at least 4 members (excludes halogenated alkanes) is 4. The normalized spacial score (nSPS) is 11.1. The highest BCUT2D eigenvalue weighted by Gasteiger charge is 2.12. The van der Waals surface area contributed by atoms with Crippen molar-refractivity contribution in [1.82, 2.24) is 0 Å². The largest absolute Gasteiger partial charge is 1.00 e. The highest BCUT2D eigenvalue weighted by atomic mass is 79.9. The number of hydrogen-bond acceptors (Lipinski definition) is 0. The molecule has 0 unspecified atom stereocenters. The Hall–Kier alpha value is 0.730. The van der Waals surface area contributed by atoms with Gasteiger partial charge in [-0.1, -0.05) is 26.2 Å². The molecular weight excluding hydrogens is 261 g/mol. The van der Waals surface area contributed by atoms with Gasteiger partial charge in [0.15, 0.2) is 0 Å². The molecule has 0 saturated carbocycles. The van der Waals surface area contributed by atoms with Crippen LogP contribution in [0.2, 0.25) is 0 Å². The Morgan fingerprint density at radius 2 is 1.50 bits per heavy atom. The van der Waals surface area contributed by atoms with Gasteiger partial charge >= 0.3 is 0 Å². The van der Waals surface area contributed by atoms with E-state index in [0.717, 1.165) is 16.9 Å². The fourth-order valence-corrected chi connectivity index (χ4v) is 1.94. The van der Waals surface area contributed by atoms with E-state index < -0.39 is 0 Å². The molecule has 0 aliphatic heterocycles. The zero-order valence-electron chi connectivity index (χ0n) is 9.86. The fraction of sp³-hybridized carbons (Fsp3) is 1.00. The van der Waals surface area contributed by atoms with Crippen LogP contribution in [-0.4, -0.2) is 37.5 Å². The summed E-state index contributed by atoms with van der Waals surface area (Å²) in [7, 11) is 4.53. The summed E-state index contributed by atoms with van der Waals surface area (Å²) in [5.74, 6) is 0.780. The van der Waals surface area contributed by atoms with E-state index in [-0.39, 0.29) is 17.0 Å². The Kier molecular flexibility index (Phi) is 12.6. The molecule has 0 aromatic rings. The molecule has 0 rings (SSSR count). The third-order valence-electron chi connectivity index (χ3n) is 2.56. The van der Waals surface area contributed by atoms with E-state index in [9.17, 15) is 0 Å². The van der Waals surface area contributed by atoms with Gasteiger partial charge in [0.25, 0.3) is 0 Å². The summed E-state index contributed by atoms with van der Waals surface area (Å²) in [6.07, 6.45) is 6.86. The molecule has 0 aromatic heterocycles. The Bertz CT molecular complexity index is 118. The minimum absolute atomic E-state index is 0. The number of quaternary nitrogens is 1.